The number of carbonyl (C=O) groups is 1. The average Bonchev–Trinajstić information content (AvgIpc) is 2.62. The van der Waals surface area contributed by atoms with E-state index in [1.165, 1.54) is 16.9 Å². The molecule has 0 bridgehead atoms. The van der Waals surface area contributed by atoms with Gasteiger partial charge in [0, 0.05) is 26.2 Å². The number of aryl methyl sites for hydroxylation is 1. The van der Waals surface area contributed by atoms with E-state index in [1.807, 2.05) is 31.2 Å². The summed E-state index contributed by atoms with van der Waals surface area (Å²) in [6.45, 7) is 4.14. The van der Waals surface area contributed by atoms with E-state index >= 15 is 0 Å². The van der Waals surface area contributed by atoms with Gasteiger partial charge in [0.1, 0.15) is 0 Å². The zero-order valence-corrected chi connectivity index (χ0v) is 15.9. The maximum absolute atomic E-state index is 12.5. The molecule has 1 amide bonds. The lowest BCUT2D eigenvalue weighted by Crippen LogP contribution is -2.28. The molecule has 0 saturated heterocycles. The number of nitrogens with zero attached hydrogens (tertiary/aromatic N) is 2. The van der Waals surface area contributed by atoms with Gasteiger partial charge < -0.3 is 4.90 Å². The molecular formula is C19H24N2O3S. The molecule has 0 radical (unpaired) electrons. The third kappa shape index (κ3) is 4.60. The summed E-state index contributed by atoms with van der Waals surface area (Å²) in [7, 11) is -0.0401. The predicted molar refractivity (Wildman–Crippen MR) is 101 cm³/mol. The van der Waals surface area contributed by atoms with Crippen molar-refractivity contribution in [3.05, 3.63) is 65.2 Å². The van der Waals surface area contributed by atoms with E-state index in [9.17, 15) is 13.2 Å². The molecule has 0 aliphatic heterocycles. The first-order valence-electron chi connectivity index (χ1n) is 8.12. The van der Waals surface area contributed by atoms with Crippen LogP contribution in [-0.4, -0.2) is 39.1 Å². The molecule has 0 aliphatic rings. The van der Waals surface area contributed by atoms with Gasteiger partial charge in [-0.1, -0.05) is 29.8 Å². The van der Waals surface area contributed by atoms with Crippen molar-refractivity contribution >= 4 is 21.6 Å². The standard InChI is InChI=1S/C19H24N2O3S/c1-5-25(23,24)21(4)18-12-10-17(11-13-18)19(22)20(3)14-16-8-6-15(2)7-9-16/h6-13H,5,14H2,1-4H3. The van der Waals surface area contributed by atoms with E-state index in [-0.39, 0.29) is 11.7 Å². The highest BCUT2D eigenvalue weighted by molar-refractivity contribution is 7.92. The number of hydrogen-bond acceptors (Lipinski definition) is 3. The zero-order chi connectivity index (χ0) is 18.6. The molecule has 0 fully saturated rings. The van der Waals surface area contributed by atoms with E-state index in [4.69, 9.17) is 0 Å². The third-order valence-corrected chi connectivity index (χ3v) is 5.92. The lowest BCUT2D eigenvalue weighted by atomic mass is 10.1. The molecule has 6 heteroatoms. The Balaban J connectivity index is 2.10. The Labute approximate surface area is 149 Å². The van der Waals surface area contributed by atoms with Crippen molar-refractivity contribution in [2.24, 2.45) is 0 Å². The number of sulfonamides is 1. The molecule has 2 aromatic carbocycles. The zero-order valence-electron chi connectivity index (χ0n) is 15.1. The number of rotatable bonds is 6. The Bertz CT molecular complexity index is 828. The lowest BCUT2D eigenvalue weighted by molar-refractivity contribution is 0.0785. The van der Waals surface area contributed by atoms with Gasteiger partial charge in [-0.3, -0.25) is 9.10 Å². The number of carbonyl (C=O) groups excluding carboxylic acids is 1. The first-order valence-corrected chi connectivity index (χ1v) is 9.73. The smallest absolute Gasteiger partial charge is 0.253 e. The molecule has 0 N–H and O–H groups in total. The van der Waals surface area contributed by atoms with Crippen LogP contribution in [0.4, 0.5) is 5.69 Å². The Kier molecular flexibility index (Phi) is 5.85. The third-order valence-electron chi connectivity index (χ3n) is 4.15. The van der Waals surface area contributed by atoms with Gasteiger partial charge in [-0.15, -0.1) is 0 Å². The topological polar surface area (TPSA) is 57.7 Å². The monoisotopic (exact) mass is 360 g/mol. The highest BCUT2D eigenvalue weighted by Gasteiger charge is 2.17. The number of hydrogen-bond donors (Lipinski definition) is 0. The van der Waals surface area contributed by atoms with Crippen molar-refractivity contribution in [3.63, 3.8) is 0 Å². The summed E-state index contributed by atoms with van der Waals surface area (Å²) in [6.07, 6.45) is 0. The van der Waals surface area contributed by atoms with E-state index in [0.717, 1.165) is 5.56 Å². The van der Waals surface area contributed by atoms with Crippen molar-refractivity contribution in [1.82, 2.24) is 4.90 Å². The maximum atomic E-state index is 12.5. The predicted octanol–water partition coefficient (Wildman–Crippen LogP) is 3.05. The summed E-state index contributed by atoms with van der Waals surface area (Å²) in [6, 6.07) is 14.7. The fourth-order valence-corrected chi connectivity index (χ4v) is 3.26. The molecule has 0 aromatic heterocycles. The van der Waals surface area contributed by atoms with Gasteiger partial charge >= 0.3 is 0 Å². The highest BCUT2D eigenvalue weighted by atomic mass is 32.2. The summed E-state index contributed by atoms with van der Waals surface area (Å²) < 4.78 is 25.0. The van der Waals surface area contributed by atoms with Crippen LogP contribution in [0.1, 0.15) is 28.4 Å². The molecule has 0 spiro atoms. The molecule has 2 rings (SSSR count). The fraction of sp³-hybridized carbons (Fsp3) is 0.316. The summed E-state index contributed by atoms with van der Waals surface area (Å²) in [5.41, 5.74) is 3.31. The second-order valence-electron chi connectivity index (χ2n) is 6.06. The molecule has 0 saturated carbocycles. The van der Waals surface area contributed by atoms with Crippen LogP contribution in [0.15, 0.2) is 48.5 Å². The van der Waals surface area contributed by atoms with Crippen LogP contribution in [0.5, 0.6) is 0 Å². The number of amides is 1. The summed E-state index contributed by atoms with van der Waals surface area (Å²) in [4.78, 5) is 14.2. The molecule has 25 heavy (non-hydrogen) atoms. The minimum absolute atomic E-state index is 0.0312. The van der Waals surface area contributed by atoms with Gasteiger partial charge in [0.25, 0.3) is 5.91 Å². The second kappa shape index (κ2) is 7.70. The Morgan fingerprint density at radius 3 is 2.04 bits per heavy atom. The molecule has 0 unspecified atom stereocenters. The highest BCUT2D eigenvalue weighted by Crippen LogP contribution is 2.18. The van der Waals surface area contributed by atoms with Crippen LogP contribution in [0.25, 0.3) is 0 Å². The summed E-state index contributed by atoms with van der Waals surface area (Å²) in [5, 5.41) is 0. The lowest BCUT2D eigenvalue weighted by Gasteiger charge is -2.20. The first-order chi connectivity index (χ1) is 11.7. The minimum atomic E-state index is -3.31. The Hall–Kier alpha value is -2.34. The Morgan fingerprint density at radius 2 is 1.52 bits per heavy atom. The van der Waals surface area contributed by atoms with Crippen LogP contribution >= 0.6 is 0 Å². The van der Waals surface area contributed by atoms with Crippen molar-refractivity contribution in [3.8, 4) is 0 Å². The van der Waals surface area contributed by atoms with Gasteiger partial charge in [0.05, 0.1) is 11.4 Å². The van der Waals surface area contributed by atoms with E-state index in [2.05, 4.69) is 0 Å². The minimum Gasteiger partial charge on any atom is -0.337 e. The molecule has 134 valence electrons. The molecule has 2 aromatic rings. The quantitative estimate of drug-likeness (QED) is 0.795. The fourth-order valence-electron chi connectivity index (χ4n) is 2.43. The van der Waals surface area contributed by atoms with Crippen molar-refractivity contribution in [1.29, 1.82) is 0 Å². The van der Waals surface area contributed by atoms with Crippen LogP contribution in [0.2, 0.25) is 0 Å². The Morgan fingerprint density at radius 1 is 0.960 bits per heavy atom. The average molecular weight is 360 g/mol. The largest absolute Gasteiger partial charge is 0.337 e. The van der Waals surface area contributed by atoms with E-state index < -0.39 is 10.0 Å². The van der Waals surface area contributed by atoms with E-state index in [1.54, 1.807) is 43.1 Å². The maximum Gasteiger partial charge on any atom is 0.253 e. The van der Waals surface area contributed by atoms with Crippen LogP contribution in [0.3, 0.4) is 0 Å². The van der Waals surface area contributed by atoms with Crippen molar-refractivity contribution < 1.29 is 13.2 Å². The molecular weight excluding hydrogens is 336 g/mol. The summed E-state index contributed by atoms with van der Waals surface area (Å²) in [5.74, 6) is -0.0724. The van der Waals surface area contributed by atoms with Gasteiger partial charge in [0.15, 0.2) is 0 Å². The summed E-state index contributed by atoms with van der Waals surface area (Å²) >= 11 is 0. The van der Waals surface area contributed by atoms with Crippen LogP contribution in [-0.2, 0) is 16.6 Å². The van der Waals surface area contributed by atoms with Gasteiger partial charge in [0.2, 0.25) is 10.0 Å². The van der Waals surface area contributed by atoms with Gasteiger partial charge in [-0.25, -0.2) is 8.42 Å². The van der Waals surface area contributed by atoms with Crippen molar-refractivity contribution in [2.45, 2.75) is 20.4 Å². The second-order valence-corrected chi connectivity index (χ2v) is 8.35. The van der Waals surface area contributed by atoms with Crippen LogP contribution in [0, 0.1) is 6.92 Å². The normalized spacial score (nSPS) is 11.2. The number of anilines is 1. The van der Waals surface area contributed by atoms with Gasteiger partial charge in [-0.05, 0) is 43.7 Å². The molecule has 0 aliphatic carbocycles. The van der Waals surface area contributed by atoms with Crippen LogP contribution < -0.4 is 4.31 Å². The van der Waals surface area contributed by atoms with Gasteiger partial charge in [-0.2, -0.15) is 0 Å². The van der Waals surface area contributed by atoms with E-state index in [0.29, 0.717) is 17.8 Å². The molecule has 5 nitrogen and oxygen atoms in total. The first kappa shape index (κ1) is 19.0. The molecule has 0 heterocycles. The molecule has 0 atom stereocenters. The SMILES string of the molecule is CCS(=O)(=O)N(C)c1ccc(C(=O)N(C)Cc2ccc(C)cc2)cc1. The number of benzene rings is 2. The van der Waals surface area contributed by atoms with Crippen molar-refractivity contribution in [2.75, 3.05) is 24.2 Å².